The van der Waals surface area contributed by atoms with Gasteiger partial charge in [0.2, 0.25) is 0 Å². The minimum absolute atomic E-state index is 0.174. The lowest BCUT2D eigenvalue weighted by atomic mass is 9.77. The van der Waals surface area contributed by atoms with E-state index in [1.807, 2.05) is 12.1 Å². The Labute approximate surface area is 130 Å². The van der Waals surface area contributed by atoms with Gasteiger partial charge in [-0.05, 0) is 43.0 Å². The molecule has 3 heteroatoms. The van der Waals surface area contributed by atoms with Crippen LogP contribution in [0, 0.1) is 12.7 Å². The molecule has 2 atom stereocenters. The van der Waals surface area contributed by atoms with Crippen LogP contribution in [0.3, 0.4) is 0 Å². The topological polar surface area (TPSA) is 12.0 Å². The zero-order chi connectivity index (χ0) is 14.8. The first kappa shape index (κ1) is 14.6. The number of piperidine rings is 1. The number of aryl methyl sites for hydroxylation is 1. The van der Waals surface area contributed by atoms with Crippen molar-refractivity contribution in [3.05, 3.63) is 70.0 Å². The third kappa shape index (κ3) is 2.97. The van der Waals surface area contributed by atoms with Crippen molar-refractivity contribution in [1.82, 2.24) is 5.32 Å². The molecule has 2 aromatic rings. The van der Waals surface area contributed by atoms with Crippen molar-refractivity contribution in [1.29, 1.82) is 0 Å². The summed E-state index contributed by atoms with van der Waals surface area (Å²) in [5, 5.41) is 3.64. The Kier molecular flexibility index (Phi) is 4.27. The molecule has 0 aliphatic carbocycles. The van der Waals surface area contributed by atoms with Gasteiger partial charge in [-0.1, -0.05) is 53.6 Å². The van der Waals surface area contributed by atoms with Crippen LogP contribution in [0.5, 0.6) is 0 Å². The van der Waals surface area contributed by atoms with Gasteiger partial charge >= 0.3 is 0 Å². The normalized spacial score (nSPS) is 22.2. The molecule has 21 heavy (non-hydrogen) atoms. The lowest BCUT2D eigenvalue weighted by Crippen LogP contribution is -2.34. The molecule has 2 unspecified atom stereocenters. The van der Waals surface area contributed by atoms with Crippen LogP contribution >= 0.6 is 11.6 Å². The number of rotatable bonds is 2. The number of hydrogen-bond acceptors (Lipinski definition) is 1. The Bertz CT molecular complexity index is 624. The molecule has 1 fully saturated rings. The van der Waals surface area contributed by atoms with E-state index in [2.05, 4.69) is 36.5 Å². The van der Waals surface area contributed by atoms with Crippen LogP contribution in [0.15, 0.2) is 42.5 Å². The highest BCUT2D eigenvalue weighted by Gasteiger charge is 2.30. The molecule has 3 rings (SSSR count). The van der Waals surface area contributed by atoms with Gasteiger partial charge in [0.15, 0.2) is 0 Å². The average molecular weight is 304 g/mol. The van der Waals surface area contributed by atoms with E-state index in [9.17, 15) is 4.39 Å². The zero-order valence-corrected chi connectivity index (χ0v) is 12.8. The van der Waals surface area contributed by atoms with Gasteiger partial charge in [0.05, 0.1) is 5.02 Å². The number of benzene rings is 2. The second-order valence-electron chi connectivity index (χ2n) is 5.76. The predicted octanol–water partition coefficient (Wildman–Crippen LogP) is 4.65. The molecule has 0 saturated carbocycles. The molecular weight excluding hydrogens is 285 g/mol. The van der Waals surface area contributed by atoms with Crippen molar-refractivity contribution < 1.29 is 4.39 Å². The quantitative estimate of drug-likeness (QED) is 0.851. The fourth-order valence-electron chi connectivity index (χ4n) is 3.20. The Morgan fingerprint density at radius 1 is 1.10 bits per heavy atom. The van der Waals surface area contributed by atoms with E-state index < -0.39 is 0 Å². The van der Waals surface area contributed by atoms with Crippen LogP contribution in [0.2, 0.25) is 5.02 Å². The number of halogens is 2. The van der Waals surface area contributed by atoms with Gasteiger partial charge in [0, 0.05) is 12.5 Å². The maximum absolute atomic E-state index is 14.4. The van der Waals surface area contributed by atoms with Crippen molar-refractivity contribution in [2.24, 2.45) is 0 Å². The third-order valence-electron chi connectivity index (χ3n) is 4.37. The summed E-state index contributed by atoms with van der Waals surface area (Å²) in [5.74, 6) is 0.197. The maximum atomic E-state index is 14.4. The van der Waals surface area contributed by atoms with Crippen molar-refractivity contribution in [2.45, 2.75) is 25.2 Å². The van der Waals surface area contributed by atoms with E-state index in [0.717, 1.165) is 25.1 Å². The fraction of sp³-hybridized carbons (Fsp3) is 0.333. The molecule has 0 aromatic heterocycles. The summed E-state index contributed by atoms with van der Waals surface area (Å²) in [6.07, 6.45) is 0.926. The molecule has 1 nitrogen and oxygen atoms in total. The number of nitrogens with one attached hydrogen (secondary N) is 1. The molecule has 0 bridgehead atoms. The largest absolute Gasteiger partial charge is 0.316 e. The summed E-state index contributed by atoms with van der Waals surface area (Å²) in [5.41, 5.74) is 3.25. The van der Waals surface area contributed by atoms with Gasteiger partial charge in [0.1, 0.15) is 5.82 Å². The van der Waals surface area contributed by atoms with Gasteiger partial charge in [-0.2, -0.15) is 0 Å². The predicted molar refractivity (Wildman–Crippen MR) is 85.6 cm³/mol. The van der Waals surface area contributed by atoms with Crippen molar-refractivity contribution in [2.75, 3.05) is 13.1 Å². The third-order valence-corrected chi connectivity index (χ3v) is 4.66. The van der Waals surface area contributed by atoms with E-state index >= 15 is 0 Å². The fourth-order valence-corrected chi connectivity index (χ4v) is 3.38. The summed E-state index contributed by atoms with van der Waals surface area (Å²) < 4.78 is 14.4. The molecule has 0 amide bonds. The van der Waals surface area contributed by atoms with Crippen LogP contribution < -0.4 is 5.32 Å². The summed E-state index contributed by atoms with van der Waals surface area (Å²) in [4.78, 5) is 0. The summed E-state index contributed by atoms with van der Waals surface area (Å²) in [6.45, 7) is 3.87. The molecule has 0 spiro atoms. The Hall–Kier alpha value is -1.38. The minimum Gasteiger partial charge on any atom is -0.316 e. The summed E-state index contributed by atoms with van der Waals surface area (Å²) in [6, 6.07) is 13.9. The molecule has 1 heterocycles. The van der Waals surface area contributed by atoms with E-state index in [-0.39, 0.29) is 22.7 Å². The zero-order valence-electron chi connectivity index (χ0n) is 12.1. The van der Waals surface area contributed by atoms with E-state index in [1.165, 1.54) is 11.1 Å². The van der Waals surface area contributed by atoms with Crippen LogP contribution in [-0.4, -0.2) is 13.1 Å². The Morgan fingerprint density at radius 2 is 1.86 bits per heavy atom. The minimum atomic E-state index is -0.261. The van der Waals surface area contributed by atoms with Crippen molar-refractivity contribution in [3.63, 3.8) is 0 Å². The molecular formula is C18H19ClFN. The standard InChI is InChI=1S/C18H19ClFN/c1-12-5-7-13(8-6-12)16-11-21-10-9-14(16)15-3-2-4-17(19)18(15)20/h2-8,14,16,21H,9-11H2,1H3. The van der Waals surface area contributed by atoms with E-state index in [0.29, 0.717) is 0 Å². The molecule has 1 N–H and O–H groups in total. The highest BCUT2D eigenvalue weighted by Crippen LogP contribution is 2.39. The SMILES string of the molecule is Cc1ccc(C2CNCCC2c2cccc(Cl)c2F)cc1. The van der Waals surface area contributed by atoms with Gasteiger partial charge in [-0.3, -0.25) is 0 Å². The second kappa shape index (κ2) is 6.17. The van der Waals surface area contributed by atoms with Crippen LogP contribution in [0.4, 0.5) is 4.39 Å². The Balaban J connectivity index is 1.98. The van der Waals surface area contributed by atoms with Crippen molar-refractivity contribution in [3.8, 4) is 0 Å². The first-order valence-electron chi connectivity index (χ1n) is 7.38. The maximum Gasteiger partial charge on any atom is 0.145 e. The Morgan fingerprint density at radius 3 is 2.62 bits per heavy atom. The molecule has 110 valence electrons. The lowest BCUT2D eigenvalue weighted by molar-refractivity contribution is 0.393. The second-order valence-corrected chi connectivity index (χ2v) is 6.17. The summed E-state index contributed by atoms with van der Waals surface area (Å²) >= 11 is 5.96. The van der Waals surface area contributed by atoms with Gasteiger partial charge < -0.3 is 5.32 Å². The first-order valence-corrected chi connectivity index (χ1v) is 7.76. The van der Waals surface area contributed by atoms with Crippen LogP contribution in [0.25, 0.3) is 0 Å². The highest BCUT2D eigenvalue weighted by molar-refractivity contribution is 6.30. The molecule has 2 aromatic carbocycles. The molecule has 1 saturated heterocycles. The molecule has 0 radical (unpaired) electrons. The average Bonchev–Trinajstić information content (AvgIpc) is 2.51. The smallest absolute Gasteiger partial charge is 0.145 e. The van der Waals surface area contributed by atoms with Crippen LogP contribution in [-0.2, 0) is 0 Å². The van der Waals surface area contributed by atoms with Gasteiger partial charge in [-0.25, -0.2) is 4.39 Å². The number of hydrogen-bond donors (Lipinski definition) is 1. The monoisotopic (exact) mass is 303 g/mol. The van der Waals surface area contributed by atoms with E-state index in [1.54, 1.807) is 6.07 Å². The highest BCUT2D eigenvalue weighted by atomic mass is 35.5. The van der Waals surface area contributed by atoms with Gasteiger partial charge in [0.25, 0.3) is 0 Å². The van der Waals surface area contributed by atoms with Crippen molar-refractivity contribution >= 4 is 11.6 Å². The lowest BCUT2D eigenvalue weighted by Gasteiger charge is -2.33. The molecule has 1 aliphatic rings. The first-order chi connectivity index (χ1) is 10.2. The van der Waals surface area contributed by atoms with Gasteiger partial charge in [-0.15, -0.1) is 0 Å². The van der Waals surface area contributed by atoms with E-state index in [4.69, 9.17) is 11.6 Å². The van der Waals surface area contributed by atoms with Crippen LogP contribution in [0.1, 0.15) is 34.9 Å². The molecule has 1 aliphatic heterocycles. The summed E-state index contributed by atoms with van der Waals surface area (Å²) in [7, 11) is 0.